The summed E-state index contributed by atoms with van der Waals surface area (Å²) in [5.41, 5.74) is 0.914. The zero-order valence-electron chi connectivity index (χ0n) is 28.0. The Morgan fingerprint density at radius 3 is 2.67 bits per heavy atom. The lowest BCUT2D eigenvalue weighted by atomic mass is 9.82. The van der Waals surface area contributed by atoms with Crippen LogP contribution in [0.2, 0.25) is 0 Å². The van der Waals surface area contributed by atoms with Gasteiger partial charge in [0.25, 0.3) is 5.91 Å². The fraction of sp³-hybridized carbons (Fsp3) is 0.543. The Hall–Kier alpha value is -4.20. The van der Waals surface area contributed by atoms with Crippen molar-refractivity contribution in [3.63, 3.8) is 0 Å². The highest BCUT2D eigenvalue weighted by Crippen LogP contribution is 2.48. The van der Waals surface area contributed by atoms with Gasteiger partial charge < -0.3 is 29.8 Å². The van der Waals surface area contributed by atoms with Gasteiger partial charge in [-0.05, 0) is 81.8 Å². The number of fused-ring (bicyclic) bond motifs is 3. The summed E-state index contributed by atoms with van der Waals surface area (Å²) in [5, 5.41) is 9.34. The first kappa shape index (κ1) is 33.3. The summed E-state index contributed by atoms with van der Waals surface area (Å²) in [6.45, 7) is 4.15. The van der Waals surface area contributed by atoms with Crippen molar-refractivity contribution in [1.82, 2.24) is 35.1 Å². The maximum Gasteiger partial charge on any atom is 0.402 e. The van der Waals surface area contributed by atoms with Crippen LogP contribution >= 0.6 is 0 Å². The summed E-state index contributed by atoms with van der Waals surface area (Å²) >= 11 is 0. The number of hydrogen-bond acceptors (Lipinski definition) is 6. The standard InChI is InChI=1S/C35H41F4N7O3/c1-18-24-8-7-20-14-27(46(30(20)42-24)17-22-12-19(22)6-5-10-34(2,33(48)41-18)35(37,38)39)31-43-25-13-21(15-28(49-4)29(25)45(31)3)32(47)44-26-16-40-11-9-23(26)36/h7-8,13-15,18-19,22-23,26,40H,5-6,9-12,16-17H2,1-4H3,(H,41,48)(H,44,47)/t18-,19-,22-,23+,26?,34-/m1/s1. The van der Waals surface area contributed by atoms with Crippen molar-refractivity contribution in [2.75, 3.05) is 20.2 Å². The van der Waals surface area contributed by atoms with Gasteiger partial charge in [-0.2, -0.15) is 13.2 Å². The predicted molar refractivity (Wildman–Crippen MR) is 176 cm³/mol. The van der Waals surface area contributed by atoms with E-state index < -0.39 is 41.7 Å². The molecule has 6 atom stereocenters. The van der Waals surface area contributed by atoms with Crippen LogP contribution in [0.25, 0.3) is 33.6 Å². The Labute approximate surface area is 281 Å². The highest BCUT2D eigenvalue weighted by Gasteiger charge is 2.56. The minimum absolute atomic E-state index is 0.235. The lowest BCUT2D eigenvalue weighted by molar-refractivity contribution is -0.219. The molecule has 0 radical (unpaired) electrons. The fourth-order valence-corrected chi connectivity index (χ4v) is 7.45. The Balaban J connectivity index is 1.29. The van der Waals surface area contributed by atoms with E-state index in [0.29, 0.717) is 78.4 Å². The molecule has 49 heavy (non-hydrogen) atoms. The van der Waals surface area contributed by atoms with E-state index in [0.717, 1.165) is 24.4 Å². The third kappa shape index (κ3) is 5.91. The van der Waals surface area contributed by atoms with Crippen molar-refractivity contribution in [3.8, 4) is 17.3 Å². The van der Waals surface area contributed by atoms with Crippen LogP contribution in [0, 0.1) is 17.3 Å². The van der Waals surface area contributed by atoms with Gasteiger partial charge in [0, 0.05) is 31.1 Å². The number of piperidine rings is 1. The molecule has 3 aliphatic rings. The summed E-state index contributed by atoms with van der Waals surface area (Å²) in [7, 11) is 3.39. The first-order valence-corrected chi connectivity index (χ1v) is 16.9. The van der Waals surface area contributed by atoms with Gasteiger partial charge in [-0.3, -0.25) is 9.59 Å². The van der Waals surface area contributed by atoms with E-state index in [1.807, 2.05) is 23.7 Å². The number of aryl methyl sites for hydroxylation is 1. The summed E-state index contributed by atoms with van der Waals surface area (Å²) < 4.78 is 66.9. The highest BCUT2D eigenvalue weighted by molar-refractivity contribution is 6.00. The van der Waals surface area contributed by atoms with Gasteiger partial charge in [-0.15, -0.1) is 0 Å². The Morgan fingerprint density at radius 2 is 1.94 bits per heavy atom. The number of ether oxygens (including phenoxy) is 1. The molecule has 14 heteroatoms. The van der Waals surface area contributed by atoms with Crippen LogP contribution in [-0.4, -0.2) is 69.5 Å². The van der Waals surface area contributed by atoms with E-state index >= 15 is 0 Å². The van der Waals surface area contributed by atoms with Crippen molar-refractivity contribution in [2.24, 2.45) is 24.3 Å². The molecule has 1 saturated carbocycles. The summed E-state index contributed by atoms with van der Waals surface area (Å²) in [5.74, 6) is 0.0693. The lowest BCUT2D eigenvalue weighted by Crippen LogP contribution is -2.52. The number of imidazole rings is 1. The van der Waals surface area contributed by atoms with Crippen LogP contribution < -0.4 is 20.7 Å². The molecule has 1 aromatic carbocycles. The van der Waals surface area contributed by atoms with Crippen LogP contribution in [0.3, 0.4) is 0 Å². The predicted octanol–water partition coefficient (Wildman–Crippen LogP) is 5.59. The Bertz CT molecular complexity index is 1940. The number of pyridine rings is 1. The molecule has 2 bridgehead atoms. The number of rotatable bonds is 4. The molecule has 10 nitrogen and oxygen atoms in total. The summed E-state index contributed by atoms with van der Waals surface area (Å²) in [6.07, 6.45) is -4.01. The van der Waals surface area contributed by atoms with Crippen molar-refractivity contribution < 1.29 is 31.9 Å². The van der Waals surface area contributed by atoms with Gasteiger partial charge in [0.15, 0.2) is 5.82 Å². The average Bonchev–Trinajstić information content (AvgIpc) is 3.58. The summed E-state index contributed by atoms with van der Waals surface area (Å²) in [4.78, 5) is 36.3. The van der Waals surface area contributed by atoms with Crippen LogP contribution in [-0.2, 0) is 18.4 Å². The molecule has 4 aromatic rings. The minimum atomic E-state index is -4.68. The fourth-order valence-electron chi connectivity index (χ4n) is 7.45. The average molecular weight is 684 g/mol. The number of alkyl halides is 4. The van der Waals surface area contributed by atoms with Crippen LogP contribution in [0.5, 0.6) is 5.75 Å². The van der Waals surface area contributed by atoms with E-state index in [1.54, 1.807) is 25.1 Å². The number of hydrogen-bond donors (Lipinski definition) is 3. The molecule has 3 N–H and O–H groups in total. The van der Waals surface area contributed by atoms with Gasteiger partial charge in [-0.25, -0.2) is 14.4 Å². The molecule has 0 spiro atoms. The van der Waals surface area contributed by atoms with Crippen LogP contribution in [0.4, 0.5) is 17.6 Å². The minimum Gasteiger partial charge on any atom is -0.494 e. The third-order valence-corrected chi connectivity index (χ3v) is 10.8. The number of amides is 2. The van der Waals surface area contributed by atoms with Crippen LogP contribution in [0.15, 0.2) is 30.3 Å². The second kappa shape index (κ2) is 12.3. The molecular weight excluding hydrogens is 642 g/mol. The molecule has 3 aromatic heterocycles. The molecule has 5 heterocycles. The van der Waals surface area contributed by atoms with E-state index in [9.17, 15) is 27.2 Å². The number of aromatic nitrogens is 4. The molecule has 262 valence electrons. The van der Waals surface area contributed by atoms with Gasteiger partial charge in [0.2, 0.25) is 5.91 Å². The van der Waals surface area contributed by atoms with Crippen molar-refractivity contribution in [3.05, 3.63) is 41.6 Å². The summed E-state index contributed by atoms with van der Waals surface area (Å²) in [6, 6.07) is 7.50. The number of benzene rings is 1. The number of nitrogens with one attached hydrogen (secondary N) is 3. The normalized spacial score (nSPS) is 27.8. The molecule has 2 amide bonds. The second-order valence-corrected chi connectivity index (χ2v) is 14.1. The maximum absolute atomic E-state index is 14.5. The van der Waals surface area contributed by atoms with Crippen molar-refractivity contribution >= 4 is 33.9 Å². The quantitative estimate of drug-likeness (QED) is 0.242. The third-order valence-electron chi connectivity index (χ3n) is 10.8. The van der Waals surface area contributed by atoms with Crippen molar-refractivity contribution in [2.45, 2.75) is 76.9 Å². The molecule has 1 unspecified atom stereocenters. The van der Waals surface area contributed by atoms with Crippen molar-refractivity contribution in [1.29, 1.82) is 0 Å². The highest BCUT2D eigenvalue weighted by atomic mass is 19.4. The van der Waals surface area contributed by atoms with Gasteiger partial charge >= 0.3 is 6.18 Å². The Morgan fingerprint density at radius 1 is 1.14 bits per heavy atom. The number of carbonyl (C=O) groups is 2. The smallest absolute Gasteiger partial charge is 0.402 e. The van der Waals surface area contributed by atoms with Gasteiger partial charge in [0.05, 0.1) is 36.1 Å². The number of methoxy groups -OCH3 is 1. The van der Waals surface area contributed by atoms with E-state index in [2.05, 4.69) is 20.5 Å². The van der Waals surface area contributed by atoms with Gasteiger partial charge in [-0.1, -0.05) is 12.8 Å². The lowest BCUT2D eigenvalue weighted by Gasteiger charge is -2.32. The zero-order chi connectivity index (χ0) is 34.8. The number of halogens is 4. The topological polar surface area (TPSA) is 115 Å². The number of nitrogens with zero attached hydrogens (tertiary/aromatic N) is 4. The molecule has 2 aliphatic heterocycles. The first-order chi connectivity index (χ1) is 23.3. The van der Waals surface area contributed by atoms with E-state index in [1.165, 1.54) is 7.11 Å². The molecular formula is C35H41F4N7O3. The largest absolute Gasteiger partial charge is 0.494 e. The number of carbonyl (C=O) groups excluding carboxylic acids is 2. The van der Waals surface area contributed by atoms with Gasteiger partial charge in [0.1, 0.15) is 28.5 Å². The Kier molecular flexibility index (Phi) is 8.35. The molecule has 2 fully saturated rings. The van der Waals surface area contributed by atoms with E-state index in [-0.39, 0.29) is 18.3 Å². The molecule has 7 rings (SSSR count). The SMILES string of the molecule is COc1cc(C(=O)NC2CNCC[C@@H]2F)cc2nc(-c3cc4ccc5nc4n3C[C@H]3C[C@H]3CCC[C@@](C)(C(F)(F)F)C(=O)N[C@@H]5C)n(C)c12. The van der Waals surface area contributed by atoms with Crippen LogP contribution in [0.1, 0.15) is 68.0 Å². The first-order valence-electron chi connectivity index (χ1n) is 16.9. The van der Waals surface area contributed by atoms with E-state index in [4.69, 9.17) is 14.7 Å². The monoisotopic (exact) mass is 683 g/mol. The maximum atomic E-state index is 14.5. The molecule has 1 saturated heterocycles. The second-order valence-electron chi connectivity index (χ2n) is 14.1. The molecule has 1 aliphatic carbocycles. The zero-order valence-corrected chi connectivity index (χ0v) is 28.0.